The van der Waals surface area contributed by atoms with E-state index in [9.17, 15) is 0 Å². The highest BCUT2D eigenvalue weighted by Crippen LogP contribution is 2.28. The van der Waals surface area contributed by atoms with Gasteiger partial charge >= 0.3 is 0 Å². The maximum absolute atomic E-state index is 4.82. The summed E-state index contributed by atoms with van der Waals surface area (Å²) in [7, 11) is 0. The van der Waals surface area contributed by atoms with Crippen LogP contribution in [0.4, 0.5) is 0 Å². The molecule has 1 fully saturated rings. The Balaban J connectivity index is 1.93. The van der Waals surface area contributed by atoms with Crippen LogP contribution in [0.5, 0.6) is 0 Å². The van der Waals surface area contributed by atoms with Gasteiger partial charge in [0.15, 0.2) is 0 Å². The third-order valence-electron chi connectivity index (χ3n) is 3.56. The molecule has 1 saturated carbocycles. The Morgan fingerprint density at radius 3 is 2.50 bits per heavy atom. The molecule has 0 saturated heterocycles. The average Bonchev–Trinajstić information content (AvgIpc) is 2.68. The van der Waals surface area contributed by atoms with E-state index in [1.807, 2.05) is 0 Å². The van der Waals surface area contributed by atoms with E-state index < -0.39 is 0 Å². The lowest BCUT2D eigenvalue weighted by Gasteiger charge is -2.25. The molecular formula is C12H22N2. The van der Waals surface area contributed by atoms with E-state index >= 15 is 0 Å². The van der Waals surface area contributed by atoms with Crippen LogP contribution in [0.3, 0.4) is 0 Å². The van der Waals surface area contributed by atoms with E-state index in [4.69, 9.17) is 4.99 Å². The monoisotopic (exact) mass is 194 g/mol. The molecule has 2 rings (SSSR count). The topological polar surface area (TPSA) is 24.4 Å². The highest BCUT2D eigenvalue weighted by atomic mass is 15.1. The average molecular weight is 194 g/mol. The first-order valence-corrected chi connectivity index (χ1v) is 6.07. The molecule has 1 aliphatic heterocycles. The van der Waals surface area contributed by atoms with Gasteiger partial charge in [0.2, 0.25) is 0 Å². The van der Waals surface area contributed by atoms with Crippen LogP contribution in [-0.4, -0.2) is 18.4 Å². The minimum atomic E-state index is 0.452. The van der Waals surface area contributed by atoms with Crippen LogP contribution >= 0.6 is 0 Å². The van der Waals surface area contributed by atoms with Crippen molar-refractivity contribution in [3.05, 3.63) is 0 Å². The van der Waals surface area contributed by atoms with Gasteiger partial charge in [-0.15, -0.1) is 0 Å². The lowest BCUT2D eigenvalue weighted by molar-refractivity contribution is 0.289. The molecule has 2 heteroatoms. The van der Waals surface area contributed by atoms with E-state index in [-0.39, 0.29) is 0 Å². The normalized spacial score (nSPS) is 29.6. The summed E-state index contributed by atoms with van der Waals surface area (Å²) in [5.74, 6) is 1.44. The molecule has 1 heterocycles. The molecule has 80 valence electrons. The molecular weight excluding hydrogens is 172 g/mol. The van der Waals surface area contributed by atoms with Crippen LogP contribution in [-0.2, 0) is 0 Å². The van der Waals surface area contributed by atoms with Crippen molar-refractivity contribution in [3.8, 4) is 0 Å². The summed E-state index contributed by atoms with van der Waals surface area (Å²) in [5.41, 5.74) is 1.38. The minimum Gasteiger partial charge on any atom is -0.290 e. The van der Waals surface area contributed by atoms with Gasteiger partial charge in [-0.25, -0.2) is 0 Å². The number of rotatable bonds is 2. The summed E-state index contributed by atoms with van der Waals surface area (Å²) in [6.07, 6.45) is 7.47. The lowest BCUT2D eigenvalue weighted by atomic mass is 9.87. The van der Waals surface area contributed by atoms with Crippen molar-refractivity contribution < 1.29 is 0 Å². The van der Waals surface area contributed by atoms with Gasteiger partial charge in [0.05, 0.1) is 0 Å². The maximum atomic E-state index is 4.82. The Labute approximate surface area is 87.2 Å². The second-order valence-corrected chi connectivity index (χ2v) is 5.00. The van der Waals surface area contributed by atoms with Crippen LogP contribution in [0.2, 0.25) is 0 Å². The van der Waals surface area contributed by atoms with Crippen LogP contribution in [0.25, 0.3) is 0 Å². The molecule has 0 radical (unpaired) electrons. The van der Waals surface area contributed by atoms with Crippen LogP contribution in [0.1, 0.15) is 46.0 Å². The molecule has 0 aromatic heterocycles. The fourth-order valence-electron chi connectivity index (χ4n) is 2.55. The molecule has 0 aromatic rings. The summed E-state index contributed by atoms with van der Waals surface area (Å²) < 4.78 is 0. The fourth-order valence-corrected chi connectivity index (χ4v) is 2.55. The van der Waals surface area contributed by atoms with Gasteiger partial charge in [-0.2, -0.15) is 0 Å². The molecule has 1 unspecified atom stereocenters. The van der Waals surface area contributed by atoms with Crippen molar-refractivity contribution >= 4 is 5.71 Å². The number of aliphatic imine (C=N–C) groups is 1. The summed E-state index contributed by atoms with van der Waals surface area (Å²) in [6.45, 7) is 5.51. The second-order valence-electron chi connectivity index (χ2n) is 5.00. The van der Waals surface area contributed by atoms with Crippen LogP contribution < -0.4 is 5.32 Å². The number of hydrogen-bond acceptors (Lipinski definition) is 2. The highest BCUT2D eigenvalue weighted by Gasteiger charge is 2.27. The molecule has 1 N–H and O–H groups in total. The number of nitrogens with one attached hydrogen (secondary N) is 1. The summed E-state index contributed by atoms with van der Waals surface area (Å²) >= 11 is 0. The van der Waals surface area contributed by atoms with Gasteiger partial charge in [-0.1, -0.05) is 33.1 Å². The van der Waals surface area contributed by atoms with Crippen molar-refractivity contribution in [1.29, 1.82) is 0 Å². The molecule has 14 heavy (non-hydrogen) atoms. The van der Waals surface area contributed by atoms with Gasteiger partial charge in [0, 0.05) is 12.3 Å². The molecule has 2 aliphatic rings. The van der Waals surface area contributed by atoms with Crippen LogP contribution in [0.15, 0.2) is 4.99 Å². The standard InChI is InChI=1S/C12H22N2/c1-9(2)11-8-13-12(14-11)10-6-4-3-5-7-10/h9-10,12-13H,3-8H2,1-2H3. The highest BCUT2D eigenvalue weighted by molar-refractivity contribution is 5.89. The zero-order valence-electron chi connectivity index (χ0n) is 9.42. The zero-order chi connectivity index (χ0) is 9.97. The predicted octanol–water partition coefficient (Wildman–Crippen LogP) is 2.59. The van der Waals surface area contributed by atoms with Gasteiger partial charge in [-0.3, -0.25) is 10.3 Å². The third kappa shape index (κ3) is 2.17. The van der Waals surface area contributed by atoms with E-state index in [0.29, 0.717) is 12.1 Å². The Kier molecular flexibility index (Phi) is 3.22. The molecule has 0 bridgehead atoms. The first-order chi connectivity index (χ1) is 6.77. The number of hydrogen-bond donors (Lipinski definition) is 1. The first-order valence-electron chi connectivity index (χ1n) is 6.07. The van der Waals surface area contributed by atoms with E-state index in [2.05, 4.69) is 19.2 Å². The first kappa shape index (κ1) is 10.2. The maximum Gasteiger partial charge on any atom is 0.103 e. The van der Waals surface area contributed by atoms with Crippen molar-refractivity contribution in [1.82, 2.24) is 5.32 Å². The van der Waals surface area contributed by atoms with Gasteiger partial charge < -0.3 is 0 Å². The quantitative estimate of drug-likeness (QED) is 0.718. The summed E-state index contributed by atoms with van der Waals surface area (Å²) in [4.78, 5) is 4.82. The van der Waals surface area contributed by atoms with Crippen molar-refractivity contribution in [2.24, 2.45) is 16.8 Å². The van der Waals surface area contributed by atoms with E-state index in [0.717, 1.165) is 12.5 Å². The minimum absolute atomic E-state index is 0.452. The summed E-state index contributed by atoms with van der Waals surface area (Å²) in [5, 5.41) is 3.55. The van der Waals surface area contributed by atoms with Gasteiger partial charge in [0.1, 0.15) is 6.17 Å². The molecule has 1 aliphatic carbocycles. The van der Waals surface area contributed by atoms with Crippen LogP contribution in [0, 0.1) is 11.8 Å². The van der Waals surface area contributed by atoms with Gasteiger partial charge in [-0.05, 0) is 24.7 Å². The molecule has 0 aromatic carbocycles. The Hall–Kier alpha value is -0.370. The molecule has 0 amide bonds. The third-order valence-corrected chi connectivity index (χ3v) is 3.56. The zero-order valence-corrected chi connectivity index (χ0v) is 9.42. The number of nitrogens with zero attached hydrogens (tertiary/aromatic N) is 1. The van der Waals surface area contributed by atoms with Gasteiger partial charge in [0.25, 0.3) is 0 Å². The molecule has 2 nitrogen and oxygen atoms in total. The van der Waals surface area contributed by atoms with E-state index in [1.54, 1.807) is 0 Å². The Morgan fingerprint density at radius 2 is 1.93 bits per heavy atom. The SMILES string of the molecule is CC(C)C1=NC(C2CCCCC2)NC1. The predicted molar refractivity (Wildman–Crippen MR) is 60.6 cm³/mol. The van der Waals surface area contributed by atoms with Crippen molar-refractivity contribution in [2.45, 2.75) is 52.1 Å². The largest absolute Gasteiger partial charge is 0.290 e. The van der Waals surface area contributed by atoms with Crippen molar-refractivity contribution in [3.63, 3.8) is 0 Å². The Morgan fingerprint density at radius 1 is 1.21 bits per heavy atom. The van der Waals surface area contributed by atoms with E-state index in [1.165, 1.54) is 37.8 Å². The lowest BCUT2D eigenvalue weighted by Crippen LogP contribution is -2.32. The molecule has 0 spiro atoms. The second kappa shape index (κ2) is 4.43. The fraction of sp³-hybridized carbons (Fsp3) is 0.917. The Bertz CT molecular complexity index is 214. The molecule has 1 atom stereocenters. The summed E-state index contributed by atoms with van der Waals surface area (Å²) in [6, 6.07) is 0. The van der Waals surface area contributed by atoms with Crippen molar-refractivity contribution in [2.75, 3.05) is 6.54 Å². The smallest absolute Gasteiger partial charge is 0.103 e.